The fourth-order valence-electron chi connectivity index (χ4n) is 6.00. The number of aryl methyl sites for hydroxylation is 2. The Morgan fingerprint density at radius 3 is 2.42 bits per heavy atom. The summed E-state index contributed by atoms with van der Waals surface area (Å²) >= 11 is 0. The Bertz CT molecular complexity index is 1520. The van der Waals surface area contributed by atoms with Crippen molar-refractivity contribution in [3.63, 3.8) is 0 Å². The molecule has 0 fully saturated rings. The molecular formula is C29H29FNOSi+. The van der Waals surface area contributed by atoms with Gasteiger partial charge in [-0.05, 0) is 67.5 Å². The first-order valence-corrected chi connectivity index (χ1v) is 15.0. The SMILES string of the molecule is Cc1ccc2c(oc3c(C4=C[Si](C)(C)C5=C4CCCC5)c(F)ccc32)c1-c1cccc[n+]1C. The Balaban J connectivity index is 1.68. The highest BCUT2D eigenvalue weighted by Gasteiger charge is 2.37. The first kappa shape index (κ1) is 20.6. The van der Waals surface area contributed by atoms with Gasteiger partial charge in [-0.15, -0.1) is 0 Å². The average molecular weight is 455 g/mol. The van der Waals surface area contributed by atoms with Crippen LogP contribution in [0.4, 0.5) is 4.39 Å². The van der Waals surface area contributed by atoms with Crippen molar-refractivity contribution in [2.45, 2.75) is 45.7 Å². The van der Waals surface area contributed by atoms with Gasteiger partial charge in [0.15, 0.2) is 6.20 Å². The van der Waals surface area contributed by atoms with Crippen molar-refractivity contribution < 1.29 is 13.4 Å². The third-order valence-electron chi connectivity index (χ3n) is 7.62. The maximum Gasteiger partial charge on any atom is 0.216 e. The van der Waals surface area contributed by atoms with Crippen LogP contribution in [-0.4, -0.2) is 8.07 Å². The van der Waals surface area contributed by atoms with E-state index in [1.807, 2.05) is 12.1 Å². The van der Waals surface area contributed by atoms with Gasteiger partial charge >= 0.3 is 0 Å². The van der Waals surface area contributed by atoms with E-state index >= 15 is 4.39 Å². The predicted molar refractivity (Wildman–Crippen MR) is 136 cm³/mol. The monoisotopic (exact) mass is 454 g/mol. The lowest BCUT2D eigenvalue weighted by Gasteiger charge is -2.23. The largest absolute Gasteiger partial charge is 0.454 e. The number of hydrogen-bond donors (Lipinski definition) is 0. The second-order valence-electron chi connectivity index (χ2n) is 10.2. The molecule has 6 rings (SSSR count). The molecule has 4 heteroatoms. The Morgan fingerprint density at radius 2 is 1.64 bits per heavy atom. The molecule has 0 bridgehead atoms. The molecule has 2 aromatic carbocycles. The Kier molecular flexibility index (Phi) is 4.53. The molecule has 2 aliphatic rings. The van der Waals surface area contributed by atoms with Crippen molar-refractivity contribution in [2.24, 2.45) is 7.05 Å². The topological polar surface area (TPSA) is 17.0 Å². The standard InChI is InChI=1S/C29H29FNOSi/c1-18-12-13-20-21-14-15-23(30)27(22-17-33(3,4)25-11-6-5-9-19(22)25)29(21)32-28(20)26(18)24-10-7-8-16-31(24)2/h7-8,10,12-17H,5-6,9,11H2,1-4H3/q+1. The second kappa shape index (κ2) is 7.26. The summed E-state index contributed by atoms with van der Waals surface area (Å²) in [6.07, 6.45) is 6.71. The zero-order valence-corrected chi connectivity index (χ0v) is 20.8. The fourth-order valence-corrected chi connectivity index (χ4v) is 9.08. The van der Waals surface area contributed by atoms with Gasteiger partial charge in [0.05, 0.1) is 11.1 Å². The molecule has 0 saturated carbocycles. The second-order valence-corrected chi connectivity index (χ2v) is 14.5. The Hall–Kier alpha value is -2.98. The lowest BCUT2D eigenvalue weighted by atomic mass is 9.89. The van der Waals surface area contributed by atoms with Gasteiger partial charge < -0.3 is 4.42 Å². The van der Waals surface area contributed by atoms with E-state index in [9.17, 15) is 0 Å². The number of benzene rings is 2. The zero-order chi connectivity index (χ0) is 22.9. The van der Waals surface area contributed by atoms with Gasteiger partial charge in [-0.2, -0.15) is 0 Å². The van der Waals surface area contributed by atoms with Crippen LogP contribution in [0.25, 0.3) is 38.8 Å². The summed E-state index contributed by atoms with van der Waals surface area (Å²) in [7, 11) is 0.379. The highest BCUT2D eigenvalue weighted by atomic mass is 28.3. The molecule has 3 heterocycles. The number of nitrogens with zero attached hydrogens (tertiary/aromatic N) is 1. The number of halogens is 1. The number of aromatic nitrogens is 1. The zero-order valence-electron chi connectivity index (χ0n) is 19.8. The molecule has 0 N–H and O–H groups in total. The van der Waals surface area contributed by atoms with E-state index in [0.717, 1.165) is 45.2 Å². The van der Waals surface area contributed by atoms with Gasteiger partial charge in [-0.25, -0.2) is 8.96 Å². The molecule has 4 aromatic rings. The summed E-state index contributed by atoms with van der Waals surface area (Å²) < 4.78 is 24.3. The van der Waals surface area contributed by atoms with Crippen LogP contribution in [0.5, 0.6) is 0 Å². The van der Waals surface area contributed by atoms with E-state index in [0.29, 0.717) is 11.1 Å². The molecule has 0 unspecified atom stereocenters. The molecule has 1 aliphatic carbocycles. The highest BCUT2D eigenvalue weighted by Crippen LogP contribution is 2.49. The molecular weight excluding hydrogens is 425 g/mol. The quantitative estimate of drug-likeness (QED) is 0.225. The molecule has 2 nitrogen and oxygen atoms in total. The van der Waals surface area contributed by atoms with Crippen LogP contribution in [0.3, 0.4) is 0 Å². The third kappa shape index (κ3) is 3.00. The van der Waals surface area contributed by atoms with Crippen molar-refractivity contribution in [1.82, 2.24) is 0 Å². The van der Waals surface area contributed by atoms with Gasteiger partial charge in [0.2, 0.25) is 5.69 Å². The summed E-state index contributed by atoms with van der Waals surface area (Å²) in [5, 5.41) is 3.65. The van der Waals surface area contributed by atoms with E-state index in [4.69, 9.17) is 4.42 Å². The average Bonchev–Trinajstić information content (AvgIpc) is 3.29. The van der Waals surface area contributed by atoms with E-state index in [1.165, 1.54) is 24.8 Å². The molecule has 0 radical (unpaired) electrons. The number of pyridine rings is 1. The number of fused-ring (bicyclic) bond motifs is 3. The van der Waals surface area contributed by atoms with Crippen molar-refractivity contribution in [3.05, 3.63) is 82.1 Å². The highest BCUT2D eigenvalue weighted by molar-refractivity contribution is 6.91. The molecule has 0 amide bonds. The minimum absolute atomic E-state index is 0.180. The number of rotatable bonds is 2. The maximum atomic E-state index is 15.6. The minimum Gasteiger partial charge on any atom is -0.454 e. The molecule has 0 atom stereocenters. The molecule has 33 heavy (non-hydrogen) atoms. The summed E-state index contributed by atoms with van der Waals surface area (Å²) in [5.74, 6) is -0.180. The lowest BCUT2D eigenvalue weighted by Crippen LogP contribution is -2.30. The van der Waals surface area contributed by atoms with Gasteiger partial charge in [0, 0.05) is 22.9 Å². The normalized spacial score (nSPS) is 17.7. The Morgan fingerprint density at radius 1 is 0.909 bits per heavy atom. The molecule has 1 aliphatic heterocycles. The first-order chi connectivity index (χ1) is 15.9. The van der Waals surface area contributed by atoms with Crippen molar-refractivity contribution in [1.29, 1.82) is 0 Å². The van der Waals surface area contributed by atoms with E-state index < -0.39 is 8.07 Å². The Labute approximate surface area is 195 Å². The molecule has 166 valence electrons. The molecule has 2 aromatic heterocycles. The van der Waals surface area contributed by atoms with Crippen LogP contribution >= 0.6 is 0 Å². The van der Waals surface area contributed by atoms with Gasteiger partial charge in [-0.3, -0.25) is 0 Å². The van der Waals surface area contributed by atoms with Crippen molar-refractivity contribution in [2.75, 3.05) is 0 Å². The maximum absolute atomic E-state index is 15.6. The van der Waals surface area contributed by atoms with Crippen LogP contribution in [0, 0.1) is 12.7 Å². The van der Waals surface area contributed by atoms with Crippen LogP contribution in [0.1, 0.15) is 36.8 Å². The molecule has 0 saturated heterocycles. The van der Waals surface area contributed by atoms with Crippen molar-refractivity contribution >= 4 is 35.6 Å². The van der Waals surface area contributed by atoms with E-state index in [1.54, 1.807) is 11.3 Å². The van der Waals surface area contributed by atoms with Crippen LogP contribution in [0.2, 0.25) is 13.1 Å². The van der Waals surface area contributed by atoms with Gasteiger partial charge in [-0.1, -0.05) is 36.1 Å². The predicted octanol–water partition coefficient (Wildman–Crippen LogP) is 7.58. The van der Waals surface area contributed by atoms with Crippen LogP contribution < -0.4 is 4.57 Å². The van der Waals surface area contributed by atoms with E-state index in [2.05, 4.69) is 67.8 Å². The van der Waals surface area contributed by atoms with Gasteiger partial charge in [0.1, 0.15) is 32.1 Å². The number of hydrogen-bond acceptors (Lipinski definition) is 1. The van der Waals surface area contributed by atoms with Gasteiger partial charge in [0.25, 0.3) is 0 Å². The van der Waals surface area contributed by atoms with Crippen LogP contribution in [-0.2, 0) is 7.05 Å². The van der Waals surface area contributed by atoms with Crippen LogP contribution in [0.15, 0.2) is 69.5 Å². The fraction of sp³-hybridized carbons (Fsp3) is 0.276. The first-order valence-electron chi connectivity index (χ1n) is 11.9. The number of furan rings is 1. The molecule has 0 spiro atoms. The van der Waals surface area contributed by atoms with E-state index in [-0.39, 0.29) is 5.82 Å². The summed E-state index contributed by atoms with van der Waals surface area (Å²) in [4.78, 5) is 0. The summed E-state index contributed by atoms with van der Waals surface area (Å²) in [6, 6.07) is 14.0. The summed E-state index contributed by atoms with van der Waals surface area (Å²) in [6.45, 7) is 6.91. The minimum atomic E-state index is -1.67. The number of allylic oxidation sites excluding steroid dienone is 3. The smallest absolute Gasteiger partial charge is 0.216 e. The lowest BCUT2D eigenvalue weighted by molar-refractivity contribution is -0.660. The summed E-state index contributed by atoms with van der Waals surface area (Å²) in [5.41, 5.74) is 10.4. The third-order valence-corrected chi connectivity index (χ3v) is 10.7. The van der Waals surface area contributed by atoms with Crippen molar-refractivity contribution in [3.8, 4) is 11.3 Å².